The third kappa shape index (κ3) is 1.53. The molecule has 4 rings (SSSR count). The topological polar surface area (TPSA) is 75.7 Å². The van der Waals surface area contributed by atoms with Crippen LogP contribution in [0.1, 0.15) is 10.4 Å². The predicted molar refractivity (Wildman–Crippen MR) is 81.3 cm³/mol. The summed E-state index contributed by atoms with van der Waals surface area (Å²) in [7, 11) is 0. The fraction of sp³-hybridized carbons (Fsp3) is 0. The molecule has 1 aromatic heterocycles. The SMILES string of the molecule is O=[N+]([O-])c1ccc2sc3c(c2c1)-c1ccccc1/C3=N/O. The highest BCUT2D eigenvalue weighted by atomic mass is 32.1. The Kier molecular flexibility index (Phi) is 2.37. The molecule has 0 aliphatic heterocycles. The minimum atomic E-state index is -0.397. The summed E-state index contributed by atoms with van der Waals surface area (Å²) >= 11 is 1.48. The van der Waals surface area contributed by atoms with E-state index in [-0.39, 0.29) is 5.69 Å². The van der Waals surface area contributed by atoms with Gasteiger partial charge in [0.15, 0.2) is 0 Å². The van der Waals surface area contributed by atoms with Crippen molar-refractivity contribution < 1.29 is 10.1 Å². The van der Waals surface area contributed by atoms with Gasteiger partial charge in [-0.3, -0.25) is 10.1 Å². The number of fused-ring (bicyclic) bond motifs is 5. The van der Waals surface area contributed by atoms with Crippen LogP contribution in [0.3, 0.4) is 0 Å². The molecule has 0 saturated carbocycles. The maximum Gasteiger partial charge on any atom is 0.270 e. The molecule has 0 saturated heterocycles. The van der Waals surface area contributed by atoms with E-state index in [2.05, 4.69) is 5.16 Å². The highest BCUT2D eigenvalue weighted by Gasteiger charge is 2.30. The van der Waals surface area contributed by atoms with E-state index in [1.807, 2.05) is 24.3 Å². The fourth-order valence-electron chi connectivity index (χ4n) is 2.76. The van der Waals surface area contributed by atoms with E-state index in [1.165, 1.54) is 17.4 Å². The predicted octanol–water partition coefficient (Wildman–Crippen LogP) is 4.02. The Hall–Kier alpha value is -2.73. The van der Waals surface area contributed by atoms with Crippen LogP contribution in [0.2, 0.25) is 0 Å². The number of thiophene rings is 1. The molecule has 1 heterocycles. The van der Waals surface area contributed by atoms with Crippen molar-refractivity contribution in [1.29, 1.82) is 0 Å². The van der Waals surface area contributed by atoms with Crippen molar-refractivity contribution >= 4 is 32.8 Å². The van der Waals surface area contributed by atoms with Gasteiger partial charge in [-0.25, -0.2) is 0 Å². The monoisotopic (exact) mass is 296 g/mol. The van der Waals surface area contributed by atoms with E-state index in [0.717, 1.165) is 31.7 Å². The van der Waals surface area contributed by atoms with Gasteiger partial charge in [-0.15, -0.1) is 11.3 Å². The smallest absolute Gasteiger partial charge is 0.270 e. The summed E-state index contributed by atoms with van der Waals surface area (Å²) in [5.74, 6) is 0. The zero-order valence-electron chi connectivity index (χ0n) is 10.6. The van der Waals surface area contributed by atoms with Crippen LogP contribution in [0.4, 0.5) is 5.69 Å². The molecular formula is C15H8N2O3S. The van der Waals surface area contributed by atoms with Crippen molar-refractivity contribution in [1.82, 2.24) is 0 Å². The second-order valence-electron chi connectivity index (χ2n) is 4.74. The number of hydrogen-bond donors (Lipinski definition) is 1. The number of nitrogens with zero attached hydrogens (tertiary/aromatic N) is 2. The number of non-ortho nitro benzene ring substituents is 1. The van der Waals surface area contributed by atoms with E-state index < -0.39 is 4.92 Å². The lowest BCUT2D eigenvalue weighted by Crippen LogP contribution is -1.95. The minimum Gasteiger partial charge on any atom is -0.410 e. The number of rotatable bonds is 1. The molecule has 1 aliphatic carbocycles. The number of nitro groups is 1. The van der Waals surface area contributed by atoms with Gasteiger partial charge >= 0.3 is 0 Å². The van der Waals surface area contributed by atoms with E-state index in [4.69, 9.17) is 0 Å². The molecular weight excluding hydrogens is 288 g/mol. The zero-order valence-corrected chi connectivity index (χ0v) is 11.4. The number of hydrogen-bond acceptors (Lipinski definition) is 5. The summed E-state index contributed by atoms with van der Waals surface area (Å²) in [5.41, 5.74) is 3.32. The summed E-state index contributed by atoms with van der Waals surface area (Å²) in [4.78, 5) is 11.4. The molecule has 5 nitrogen and oxygen atoms in total. The van der Waals surface area contributed by atoms with Gasteiger partial charge in [0, 0.05) is 33.3 Å². The largest absolute Gasteiger partial charge is 0.410 e. The Bertz CT molecular complexity index is 943. The van der Waals surface area contributed by atoms with Gasteiger partial charge in [0.05, 0.1) is 9.80 Å². The van der Waals surface area contributed by atoms with Gasteiger partial charge in [0.1, 0.15) is 5.71 Å². The quantitative estimate of drug-likeness (QED) is 0.327. The van der Waals surface area contributed by atoms with Gasteiger partial charge in [0.2, 0.25) is 0 Å². The summed E-state index contributed by atoms with van der Waals surface area (Å²) in [6, 6.07) is 12.4. The van der Waals surface area contributed by atoms with Gasteiger partial charge in [0.25, 0.3) is 5.69 Å². The Morgan fingerprint density at radius 1 is 1.14 bits per heavy atom. The molecule has 0 radical (unpaired) electrons. The molecule has 3 aromatic rings. The Balaban J connectivity index is 2.13. The third-order valence-electron chi connectivity index (χ3n) is 3.65. The molecule has 21 heavy (non-hydrogen) atoms. The van der Waals surface area contributed by atoms with Gasteiger partial charge in [-0.05, 0) is 11.6 Å². The second kappa shape index (κ2) is 4.13. The molecule has 0 bridgehead atoms. The maximum absolute atomic E-state index is 11.0. The van der Waals surface area contributed by atoms with Crippen LogP contribution in [0.25, 0.3) is 21.2 Å². The summed E-state index contributed by atoms with van der Waals surface area (Å²) in [6.07, 6.45) is 0. The summed E-state index contributed by atoms with van der Waals surface area (Å²) < 4.78 is 0.946. The van der Waals surface area contributed by atoms with Crippen molar-refractivity contribution in [2.75, 3.05) is 0 Å². The van der Waals surface area contributed by atoms with Gasteiger partial charge in [-0.1, -0.05) is 29.4 Å². The van der Waals surface area contributed by atoms with Crippen LogP contribution >= 0.6 is 11.3 Å². The molecule has 0 amide bonds. The molecule has 6 heteroatoms. The summed E-state index contributed by atoms with van der Waals surface area (Å²) in [6.45, 7) is 0. The molecule has 1 aliphatic rings. The van der Waals surface area contributed by atoms with Crippen LogP contribution < -0.4 is 0 Å². The van der Waals surface area contributed by atoms with E-state index >= 15 is 0 Å². The highest BCUT2D eigenvalue weighted by molar-refractivity contribution is 7.22. The normalized spacial score (nSPS) is 14.4. The van der Waals surface area contributed by atoms with Crippen LogP contribution in [-0.4, -0.2) is 15.8 Å². The highest BCUT2D eigenvalue weighted by Crippen LogP contribution is 2.47. The van der Waals surface area contributed by atoms with Crippen molar-refractivity contribution in [3.63, 3.8) is 0 Å². The van der Waals surface area contributed by atoms with E-state index in [0.29, 0.717) is 5.71 Å². The lowest BCUT2D eigenvalue weighted by Gasteiger charge is -2.00. The van der Waals surface area contributed by atoms with Crippen molar-refractivity contribution in [3.8, 4) is 11.1 Å². The second-order valence-corrected chi connectivity index (χ2v) is 5.79. The van der Waals surface area contributed by atoms with Crippen molar-refractivity contribution in [3.05, 3.63) is 63.0 Å². The number of nitro benzene ring substituents is 1. The Morgan fingerprint density at radius 2 is 1.90 bits per heavy atom. The molecule has 0 atom stereocenters. The minimum absolute atomic E-state index is 0.0648. The fourth-order valence-corrected chi connectivity index (χ4v) is 3.96. The average molecular weight is 296 g/mol. The van der Waals surface area contributed by atoms with Crippen LogP contribution in [0.5, 0.6) is 0 Å². The van der Waals surface area contributed by atoms with E-state index in [9.17, 15) is 15.3 Å². The standard InChI is InChI=1S/C15H8N2O3S/c18-16-14-10-4-2-1-3-9(10)13-11-7-8(17(19)20)5-6-12(11)21-15(13)14/h1-7,18H/b16-14-. The lowest BCUT2D eigenvalue weighted by molar-refractivity contribution is -0.384. The first kappa shape index (κ1) is 12.0. The Morgan fingerprint density at radius 3 is 2.62 bits per heavy atom. The molecule has 102 valence electrons. The zero-order chi connectivity index (χ0) is 14.6. The molecule has 0 fully saturated rings. The first-order valence-electron chi connectivity index (χ1n) is 6.24. The molecule has 0 spiro atoms. The van der Waals surface area contributed by atoms with Crippen molar-refractivity contribution in [2.24, 2.45) is 5.16 Å². The molecule has 2 aromatic carbocycles. The third-order valence-corrected chi connectivity index (χ3v) is 4.83. The number of oxime groups is 1. The summed E-state index contributed by atoms with van der Waals surface area (Å²) in [5, 5.41) is 24.5. The van der Waals surface area contributed by atoms with Gasteiger partial charge in [-0.2, -0.15) is 0 Å². The maximum atomic E-state index is 11.0. The first-order valence-corrected chi connectivity index (χ1v) is 7.05. The van der Waals surface area contributed by atoms with Gasteiger partial charge < -0.3 is 5.21 Å². The lowest BCUT2D eigenvalue weighted by atomic mass is 10.0. The molecule has 1 N–H and O–H groups in total. The van der Waals surface area contributed by atoms with Crippen LogP contribution in [0, 0.1) is 10.1 Å². The van der Waals surface area contributed by atoms with E-state index in [1.54, 1.807) is 12.1 Å². The number of benzene rings is 2. The van der Waals surface area contributed by atoms with Crippen LogP contribution in [0.15, 0.2) is 47.6 Å². The first-order chi connectivity index (χ1) is 10.2. The van der Waals surface area contributed by atoms with Crippen molar-refractivity contribution in [2.45, 2.75) is 0 Å². The molecule has 0 unspecified atom stereocenters. The van der Waals surface area contributed by atoms with Crippen LogP contribution in [-0.2, 0) is 0 Å². The average Bonchev–Trinajstić information content (AvgIpc) is 3.00. The Labute approximate surface area is 122 Å².